The molecule has 2 heteroatoms. The fourth-order valence-electron chi connectivity index (χ4n) is 6.40. The fourth-order valence-corrected chi connectivity index (χ4v) is 6.40. The topological polar surface area (TPSA) is 18.5 Å². The van der Waals surface area contributed by atoms with E-state index in [2.05, 4.69) is 154 Å². The minimum absolute atomic E-state index is 0.135. The van der Waals surface area contributed by atoms with Gasteiger partial charge in [0, 0.05) is 14.2 Å². The molecule has 0 saturated heterocycles. The van der Waals surface area contributed by atoms with Gasteiger partial charge in [-0.3, -0.25) is 0 Å². The zero-order chi connectivity index (χ0) is 32.9. The Hall–Kier alpha value is -2.94. The number of hydrogen-bond acceptors (Lipinski definition) is 2. The van der Waals surface area contributed by atoms with Crippen LogP contribution in [0.1, 0.15) is 94.9 Å². The van der Waals surface area contributed by atoms with Crippen LogP contribution in [0.3, 0.4) is 0 Å². The third-order valence-corrected chi connectivity index (χ3v) is 8.88. The number of methoxy groups -OCH3 is 2. The molecule has 240 valence electrons. The highest BCUT2D eigenvalue weighted by molar-refractivity contribution is 5.39. The molecule has 0 radical (unpaired) electrons. The summed E-state index contributed by atoms with van der Waals surface area (Å²) in [6.45, 7) is 22.3. The normalized spacial score (nSPS) is 24.5. The summed E-state index contributed by atoms with van der Waals surface area (Å²) >= 11 is 0. The Labute approximate surface area is 270 Å². The zero-order valence-electron chi connectivity index (χ0n) is 29.9. The first-order valence-electron chi connectivity index (χ1n) is 16.2. The van der Waals surface area contributed by atoms with Crippen LogP contribution in [0, 0.1) is 10.8 Å². The molecular weight excluding hydrogens is 536 g/mol. The molecule has 0 saturated carbocycles. The van der Waals surface area contributed by atoms with E-state index in [1.54, 1.807) is 0 Å². The molecule has 2 rings (SSSR count). The largest absolute Gasteiger partial charge is 0.381 e. The first-order valence-corrected chi connectivity index (χ1v) is 16.2. The molecule has 2 nitrogen and oxygen atoms in total. The van der Waals surface area contributed by atoms with Gasteiger partial charge in [0.05, 0.1) is 12.2 Å². The summed E-state index contributed by atoms with van der Waals surface area (Å²) < 4.78 is 11.3. The fraction of sp³-hybridized carbons (Fsp3) is 0.476. The summed E-state index contributed by atoms with van der Waals surface area (Å²) in [6, 6.07) is 0. The molecule has 0 aromatic heterocycles. The van der Waals surface area contributed by atoms with Gasteiger partial charge < -0.3 is 9.47 Å². The average molecular weight is 597 g/mol. The molecule has 0 aromatic carbocycles. The minimum Gasteiger partial charge on any atom is -0.381 e. The highest BCUT2D eigenvalue weighted by Gasteiger charge is 2.33. The van der Waals surface area contributed by atoms with Gasteiger partial charge in [0.25, 0.3) is 0 Å². The molecule has 44 heavy (non-hydrogen) atoms. The van der Waals surface area contributed by atoms with E-state index in [0.29, 0.717) is 12.2 Å². The van der Waals surface area contributed by atoms with Gasteiger partial charge in [0.2, 0.25) is 0 Å². The van der Waals surface area contributed by atoms with Gasteiger partial charge in [-0.2, -0.15) is 0 Å². The summed E-state index contributed by atoms with van der Waals surface area (Å²) in [7, 11) is 3.65. The lowest BCUT2D eigenvalue weighted by molar-refractivity contribution is 0.0625. The summed E-state index contributed by atoms with van der Waals surface area (Å²) in [5.41, 5.74) is 10.9. The van der Waals surface area contributed by atoms with Gasteiger partial charge in [0.15, 0.2) is 0 Å². The molecule has 0 spiro atoms. The van der Waals surface area contributed by atoms with Gasteiger partial charge in [0.1, 0.15) is 0 Å². The summed E-state index contributed by atoms with van der Waals surface area (Å²) in [4.78, 5) is 0. The van der Waals surface area contributed by atoms with E-state index in [1.807, 2.05) is 14.2 Å². The van der Waals surface area contributed by atoms with Gasteiger partial charge in [-0.05, 0) is 89.2 Å². The maximum atomic E-state index is 5.65. The van der Waals surface area contributed by atoms with Gasteiger partial charge in [-0.15, -0.1) is 0 Å². The smallest absolute Gasteiger partial charge is 0.0616 e. The quantitative estimate of drug-likeness (QED) is 0.209. The van der Waals surface area contributed by atoms with Crippen molar-refractivity contribution in [3.8, 4) is 0 Å². The van der Waals surface area contributed by atoms with Crippen LogP contribution in [-0.4, -0.2) is 26.4 Å². The molecule has 2 atom stereocenters. The van der Waals surface area contributed by atoms with Crippen molar-refractivity contribution in [1.82, 2.24) is 0 Å². The Morgan fingerprint density at radius 1 is 0.545 bits per heavy atom. The molecule has 2 aliphatic carbocycles. The number of hydrogen-bond donors (Lipinski definition) is 0. The first kappa shape index (κ1) is 37.2. The average Bonchev–Trinajstić information content (AvgIpc) is 2.93. The molecule has 0 N–H and O–H groups in total. The minimum atomic E-state index is 0.135. The van der Waals surface area contributed by atoms with Crippen LogP contribution in [0.5, 0.6) is 0 Å². The van der Waals surface area contributed by atoms with Crippen molar-refractivity contribution < 1.29 is 9.47 Å². The van der Waals surface area contributed by atoms with Crippen LogP contribution in [0.25, 0.3) is 0 Å². The van der Waals surface area contributed by atoms with Gasteiger partial charge in [-0.1, -0.05) is 146 Å². The summed E-state index contributed by atoms with van der Waals surface area (Å²) in [5, 5.41) is 0. The van der Waals surface area contributed by atoms with E-state index >= 15 is 0 Å². The third kappa shape index (κ3) is 12.2. The van der Waals surface area contributed by atoms with Crippen molar-refractivity contribution in [2.45, 2.75) is 107 Å². The van der Waals surface area contributed by atoms with Crippen molar-refractivity contribution in [2.24, 2.45) is 10.8 Å². The van der Waals surface area contributed by atoms with Crippen LogP contribution in [0.4, 0.5) is 0 Å². The van der Waals surface area contributed by atoms with E-state index < -0.39 is 0 Å². The summed E-state index contributed by atoms with van der Waals surface area (Å²) in [5.74, 6) is 0. The van der Waals surface area contributed by atoms with Crippen LogP contribution in [0.2, 0.25) is 0 Å². The molecular formula is C42H60O2. The maximum Gasteiger partial charge on any atom is 0.0616 e. The molecule has 0 aromatic rings. The van der Waals surface area contributed by atoms with Crippen molar-refractivity contribution in [3.05, 3.63) is 130 Å². The second-order valence-electron chi connectivity index (χ2n) is 14.1. The van der Waals surface area contributed by atoms with Crippen LogP contribution < -0.4 is 0 Å². The molecule has 2 aliphatic rings. The third-order valence-electron chi connectivity index (χ3n) is 8.88. The van der Waals surface area contributed by atoms with E-state index in [9.17, 15) is 0 Å². The predicted octanol–water partition coefficient (Wildman–Crippen LogP) is 11.9. The molecule has 0 aliphatic heterocycles. The monoisotopic (exact) mass is 596 g/mol. The van der Waals surface area contributed by atoms with Crippen molar-refractivity contribution in [3.63, 3.8) is 0 Å². The Balaban J connectivity index is 1.91. The lowest BCUT2D eigenvalue weighted by Crippen LogP contribution is -2.29. The second kappa shape index (κ2) is 17.5. The van der Waals surface area contributed by atoms with Gasteiger partial charge in [-0.25, -0.2) is 0 Å². The molecule has 2 unspecified atom stereocenters. The van der Waals surface area contributed by atoms with Gasteiger partial charge >= 0.3 is 0 Å². The Bertz CT molecular complexity index is 1220. The van der Waals surface area contributed by atoms with Crippen molar-refractivity contribution >= 4 is 0 Å². The first-order chi connectivity index (χ1) is 20.7. The number of rotatable bonds is 12. The summed E-state index contributed by atoms with van der Waals surface area (Å²) in [6.07, 6.45) is 35.3. The lowest BCUT2D eigenvalue weighted by Gasteiger charge is -2.37. The second-order valence-corrected chi connectivity index (χ2v) is 14.1. The van der Waals surface area contributed by atoms with Crippen LogP contribution in [-0.2, 0) is 9.47 Å². The molecule has 0 amide bonds. The van der Waals surface area contributed by atoms with E-state index in [0.717, 1.165) is 25.7 Å². The van der Waals surface area contributed by atoms with Crippen LogP contribution >= 0.6 is 0 Å². The van der Waals surface area contributed by atoms with Crippen LogP contribution in [0.15, 0.2) is 130 Å². The predicted molar refractivity (Wildman–Crippen MR) is 194 cm³/mol. The van der Waals surface area contributed by atoms with E-state index in [4.69, 9.17) is 9.47 Å². The SMILES string of the molecule is COC1CC(C)=C(/C=C/C(C)=C/C=C/C(C)=C/C=C/C=C(C)/C=C/C=C(C)/C=C/C2=C(C)CC(OC)CC2(C)C)C(C)(C)C1. The van der Waals surface area contributed by atoms with Crippen molar-refractivity contribution in [2.75, 3.05) is 14.2 Å². The highest BCUT2D eigenvalue weighted by atomic mass is 16.5. The standard InChI is InChI=1S/C42H60O2/c1-31(19-15-21-33(3)23-25-39-35(5)27-37(43-11)29-41(39,7)8)17-13-14-18-32(2)20-16-22-34(4)24-26-40-36(6)28-38(44-12)30-42(40,9)10/h13-26,37-38H,27-30H2,1-12H3/b14-13+,19-15+,20-16+,25-23+,26-24+,31-17+,32-18+,33-21+,34-22+. The van der Waals surface area contributed by atoms with Crippen molar-refractivity contribution in [1.29, 1.82) is 0 Å². The van der Waals surface area contributed by atoms with E-state index in [1.165, 1.54) is 44.6 Å². The zero-order valence-corrected chi connectivity index (χ0v) is 29.9. The lowest BCUT2D eigenvalue weighted by atomic mass is 9.71. The number of allylic oxidation sites excluding steroid dienone is 20. The Morgan fingerprint density at radius 3 is 1.18 bits per heavy atom. The molecule has 0 bridgehead atoms. The highest BCUT2D eigenvalue weighted by Crippen LogP contribution is 2.43. The molecule has 0 heterocycles. The number of ether oxygens (including phenoxy) is 2. The molecule has 0 fully saturated rings. The Kier molecular flexibility index (Phi) is 14.8. The Morgan fingerprint density at radius 2 is 0.864 bits per heavy atom. The maximum absolute atomic E-state index is 5.65. The van der Waals surface area contributed by atoms with E-state index in [-0.39, 0.29) is 10.8 Å².